The SMILES string of the molecule is CC/C=C\CC=CCC=CC/C=C\C/C=C\CCCC(=O)NCCSSCCN. The lowest BCUT2D eigenvalue weighted by Crippen LogP contribution is -2.25. The molecule has 0 bridgehead atoms. The first-order valence-electron chi connectivity index (χ1n) is 10.8. The van der Waals surface area contributed by atoms with Gasteiger partial charge in [0, 0.05) is 31.0 Å². The highest BCUT2D eigenvalue weighted by Gasteiger charge is 1.99. The number of amides is 1. The fourth-order valence-corrected chi connectivity index (χ4v) is 4.00. The third kappa shape index (κ3) is 24.8. The van der Waals surface area contributed by atoms with E-state index in [2.05, 4.69) is 73.0 Å². The first-order valence-corrected chi connectivity index (χ1v) is 13.3. The Hall–Kier alpha value is -1.17. The average Bonchev–Trinajstić information content (AvgIpc) is 2.73. The molecule has 0 aliphatic heterocycles. The van der Waals surface area contributed by atoms with Gasteiger partial charge in [-0.25, -0.2) is 0 Å². The Kier molecular flexibility index (Phi) is 23.9. The zero-order chi connectivity index (χ0) is 21.3. The molecule has 0 heterocycles. The van der Waals surface area contributed by atoms with Crippen molar-refractivity contribution < 1.29 is 4.79 Å². The number of unbranched alkanes of at least 4 members (excludes halogenated alkanes) is 1. The number of hydrogen-bond donors (Lipinski definition) is 2. The number of carbonyl (C=O) groups is 1. The van der Waals surface area contributed by atoms with E-state index in [0.29, 0.717) is 13.0 Å². The number of hydrogen-bond acceptors (Lipinski definition) is 4. The third-order valence-corrected chi connectivity index (χ3v) is 6.16. The molecule has 3 N–H and O–H groups in total. The molecule has 164 valence electrons. The number of allylic oxidation sites excluding steroid dienone is 10. The van der Waals surface area contributed by atoms with Gasteiger partial charge in [0.15, 0.2) is 0 Å². The molecule has 0 unspecified atom stereocenters. The molecule has 5 heteroatoms. The Morgan fingerprint density at radius 1 is 0.793 bits per heavy atom. The van der Waals surface area contributed by atoms with Crippen molar-refractivity contribution in [2.75, 3.05) is 24.6 Å². The van der Waals surface area contributed by atoms with Gasteiger partial charge < -0.3 is 11.1 Å². The van der Waals surface area contributed by atoms with Gasteiger partial charge in [-0.2, -0.15) is 0 Å². The molecule has 0 atom stereocenters. The van der Waals surface area contributed by atoms with Crippen molar-refractivity contribution in [3.63, 3.8) is 0 Å². The number of carbonyl (C=O) groups excluding carboxylic acids is 1. The van der Waals surface area contributed by atoms with E-state index in [1.807, 2.05) is 0 Å². The topological polar surface area (TPSA) is 55.1 Å². The summed E-state index contributed by atoms with van der Waals surface area (Å²) in [4.78, 5) is 11.7. The van der Waals surface area contributed by atoms with Crippen LogP contribution >= 0.6 is 21.6 Å². The van der Waals surface area contributed by atoms with Crippen molar-refractivity contribution in [1.82, 2.24) is 5.32 Å². The second-order valence-electron chi connectivity index (χ2n) is 6.38. The lowest BCUT2D eigenvalue weighted by atomic mass is 10.2. The minimum absolute atomic E-state index is 0.154. The quantitative estimate of drug-likeness (QED) is 0.140. The number of nitrogens with one attached hydrogen (secondary N) is 1. The third-order valence-electron chi connectivity index (χ3n) is 3.72. The van der Waals surface area contributed by atoms with Crippen molar-refractivity contribution in [3.8, 4) is 0 Å². The summed E-state index contributed by atoms with van der Waals surface area (Å²) in [6.07, 6.45) is 29.6. The molecule has 0 rings (SSSR count). The lowest BCUT2D eigenvalue weighted by Gasteiger charge is -2.03. The Morgan fingerprint density at radius 3 is 1.86 bits per heavy atom. The van der Waals surface area contributed by atoms with Crippen LogP contribution < -0.4 is 11.1 Å². The van der Waals surface area contributed by atoms with Gasteiger partial charge >= 0.3 is 0 Å². The van der Waals surface area contributed by atoms with E-state index in [0.717, 1.165) is 63.0 Å². The molecule has 0 spiro atoms. The second-order valence-corrected chi connectivity index (χ2v) is 9.09. The van der Waals surface area contributed by atoms with Crippen molar-refractivity contribution in [2.24, 2.45) is 5.73 Å². The van der Waals surface area contributed by atoms with E-state index < -0.39 is 0 Å². The molecule has 0 aliphatic carbocycles. The maximum absolute atomic E-state index is 11.7. The molecule has 0 aromatic rings. The van der Waals surface area contributed by atoms with Crippen LogP contribution in [0.5, 0.6) is 0 Å². The van der Waals surface area contributed by atoms with Crippen LogP contribution in [-0.2, 0) is 4.79 Å². The summed E-state index contributed by atoms with van der Waals surface area (Å²) in [5.41, 5.74) is 5.43. The standard InChI is InChI=1S/C24H40N2OS2/c1-2-3-4-5-6-7-8-9-10-11-12-13-14-15-16-17-18-19-24(27)26-21-23-29-28-22-20-25/h3-4,6-7,9-10,12-13,15-16H,2,5,8,11,14,17-23,25H2,1H3,(H,26,27)/b4-3-,7-6?,10-9?,13-12-,16-15-. The minimum Gasteiger partial charge on any atom is -0.355 e. The summed E-state index contributed by atoms with van der Waals surface area (Å²) < 4.78 is 0. The first-order chi connectivity index (χ1) is 14.3. The van der Waals surface area contributed by atoms with Crippen molar-refractivity contribution in [2.45, 2.75) is 58.3 Å². The van der Waals surface area contributed by atoms with Gasteiger partial charge in [-0.1, -0.05) is 89.3 Å². The van der Waals surface area contributed by atoms with Crippen LogP contribution in [0.4, 0.5) is 0 Å². The summed E-state index contributed by atoms with van der Waals surface area (Å²) in [5, 5.41) is 2.96. The van der Waals surface area contributed by atoms with Crippen LogP contribution in [0.1, 0.15) is 58.3 Å². The van der Waals surface area contributed by atoms with Crippen molar-refractivity contribution in [3.05, 3.63) is 60.8 Å². The Balaban J connectivity index is 3.47. The van der Waals surface area contributed by atoms with Gasteiger partial charge in [-0.3, -0.25) is 4.79 Å². The van der Waals surface area contributed by atoms with Gasteiger partial charge in [0.05, 0.1) is 0 Å². The Labute approximate surface area is 186 Å². The summed E-state index contributed by atoms with van der Waals surface area (Å²) in [7, 11) is 3.53. The molecule has 0 saturated heterocycles. The highest BCUT2D eigenvalue weighted by Crippen LogP contribution is 2.18. The molecule has 0 fully saturated rings. The first kappa shape index (κ1) is 27.8. The van der Waals surface area contributed by atoms with Crippen LogP contribution in [0.3, 0.4) is 0 Å². The van der Waals surface area contributed by atoms with Gasteiger partial charge in [-0.05, 0) is 44.9 Å². The van der Waals surface area contributed by atoms with E-state index in [1.165, 1.54) is 0 Å². The maximum Gasteiger partial charge on any atom is 0.220 e. The van der Waals surface area contributed by atoms with Crippen molar-refractivity contribution >= 4 is 27.5 Å². The van der Waals surface area contributed by atoms with Crippen LogP contribution in [0.2, 0.25) is 0 Å². The summed E-state index contributed by atoms with van der Waals surface area (Å²) >= 11 is 0. The highest BCUT2D eigenvalue weighted by molar-refractivity contribution is 8.76. The van der Waals surface area contributed by atoms with Crippen molar-refractivity contribution in [1.29, 1.82) is 0 Å². The van der Waals surface area contributed by atoms with Crippen LogP contribution in [0.25, 0.3) is 0 Å². The van der Waals surface area contributed by atoms with E-state index in [1.54, 1.807) is 21.6 Å². The average molecular weight is 437 g/mol. The minimum atomic E-state index is 0.154. The van der Waals surface area contributed by atoms with E-state index in [4.69, 9.17) is 5.73 Å². The number of nitrogens with two attached hydrogens (primary N) is 1. The molecule has 1 amide bonds. The van der Waals surface area contributed by atoms with E-state index in [-0.39, 0.29) is 5.91 Å². The molecule has 0 saturated carbocycles. The molecule has 0 aromatic heterocycles. The maximum atomic E-state index is 11.7. The summed E-state index contributed by atoms with van der Waals surface area (Å²) in [6, 6.07) is 0. The predicted molar refractivity (Wildman–Crippen MR) is 135 cm³/mol. The van der Waals surface area contributed by atoms with E-state index >= 15 is 0 Å². The van der Waals surface area contributed by atoms with E-state index in [9.17, 15) is 4.79 Å². The summed E-state index contributed by atoms with van der Waals surface area (Å²) in [5.74, 6) is 2.05. The smallest absolute Gasteiger partial charge is 0.220 e. The zero-order valence-corrected chi connectivity index (χ0v) is 19.7. The monoisotopic (exact) mass is 436 g/mol. The molecular formula is C24H40N2OS2. The predicted octanol–water partition coefficient (Wildman–Crippen LogP) is 6.36. The van der Waals surface area contributed by atoms with Gasteiger partial charge in [0.25, 0.3) is 0 Å². The lowest BCUT2D eigenvalue weighted by molar-refractivity contribution is -0.121. The largest absolute Gasteiger partial charge is 0.355 e. The van der Waals surface area contributed by atoms with Gasteiger partial charge in [0.1, 0.15) is 0 Å². The second kappa shape index (κ2) is 24.9. The molecule has 0 radical (unpaired) electrons. The van der Waals surface area contributed by atoms with Crippen LogP contribution in [-0.4, -0.2) is 30.5 Å². The zero-order valence-electron chi connectivity index (χ0n) is 18.1. The fraction of sp³-hybridized carbons (Fsp3) is 0.542. The molecular weight excluding hydrogens is 396 g/mol. The Bertz CT molecular complexity index is 511. The fourth-order valence-electron chi connectivity index (χ4n) is 2.24. The van der Waals surface area contributed by atoms with Gasteiger partial charge in [0.2, 0.25) is 5.91 Å². The normalized spacial score (nSPS) is 12.5. The molecule has 29 heavy (non-hydrogen) atoms. The summed E-state index contributed by atoms with van der Waals surface area (Å²) in [6.45, 7) is 3.60. The highest BCUT2D eigenvalue weighted by atomic mass is 33.1. The molecule has 0 aliphatic rings. The number of rotatable bonds is 19. The van der Waals surface area contributed by atoms with Crippen LogP contribution in [0, 0.1) is 0 Å². The van der Waals surface area contributed by atoms with Gasteiger partial charge in [-0.15, -0.1) is 0 Å². The molecule has 3 nitrogen and oxygen atoms in total. The Morgan fingerprint density at radius 2 is 1.31 bits per heavy atom. The molecule has 0 aromatic carbocycles. The van der Waals surface area contributed by atoms with Crippen LogP contribution in [0.15, 0.2) is 60.8 Å².